The van der Waals surface area contributed by atoms with Crippen molar-refractivity contribution in [3.8, 4) is 0 Å². The van der Waals surface area contributed by atoms with Gasteiger partial charge in [0.2, 0.25) is 0 Å². The van der Waals surface area contributed by atoms with Crippen LogP contribution in [0.4, 0.5) is 13.2 Å². The molecule has 0 saturated heterocycles. The van der Waals surface area contributed by atoms with Crippen molar-refractivity contribution in [1.29, 1.82) is 0 Å². The van der Waals surface area contributed by atoms with Crippen LogP contribution >= 0.6 is 11.6 Å². The molecule has 0 aliphatic heterocycles. The first kappa shape index (κ1) is 15.5. The maximum atomic E-state index is 12.2. The third kappa shape index (κ3) is 3.43. The van der Waals surface area contributed by atoms with Crippen molar-refractivity contribution in [3.05, 3.63) is 41.2 Å². The van der Waals surface area contributed by atoms with Crippen LogP contribution in [0, 0.1) is 0 Å². The molecule has 1 amide bonds. The molecule has 1 atom stereocenters. The number of alkyl halides is 3. The van der Waals surface area contributed by atoms with Crippen LogP contribution in [-0.4, -0.2) is 34.8 Å². The van der Waals surface area contributed by atoms with Gasteiger partial charge in [0, 0.05) is 11.6 Å². The SMILES string of the molecule is O=C(NCC(O)C(F)(F)F)c1cnc(Cl)c2ccccc12. The summed E-state index contributed by atoms with van der Waals surface area (Å²) in [6.07, 6.45) is -6.22. The number of nitrogens with one attached hydrogen (secondary N) is 1. The molecule has 4 nitrogen and oxygen atoms in total. The summed E-state index contributed by atoms with van der Waals surface area (Å²) in [4.78, 5) is 15.8. The molecule has 0 saturated carbocycles. The van der Waals surface area contributed by atoms with E-state index in [4.69, 9.17) is 16.7 Å². The molecule has 2 rings (SSSR count). The highest BCUT2D eigenvalue weighted by molar-refractivity contribution is 6.34. The molecule has 0 bridgehead atoms. The summed E-state index contributed by atoms with van der Waals surface area (Å²) in [7, 11) is 0. The Hall–Kier alpha value is -1.86. The van der Waals surface area contributed by atoms with Crippen molar-refractivity contribution in [2.75, 3.05) is 6.54 Å². The van der Waals surface area contributed by atoms with Gasteiger partial charge in [-0.1, -0.05) is 35.9 Å². The van der Waals surface area contributed by atoms with Gasteiger partial charge in [-0.2, -0.15) is 13.2 Å². The highest BCUT2D eigenvalue weighted by atomic mass is 35.5. The lowest BCUT2D eigenvalue weighted by Gasteiger charge is -2.15. The molecular formula is C13H10ClF3N2O2. The number of carbonyl (C=O) groups excluding carboxylic acids is 1. The first-order valence-corrected chi connectivity index (χ1v) is 6.24. The molecular weight excluding hydrogens is 309 g/mol. The van der Waals surface area contributed by atoms with Crippen LogP contribution in [0.1, 0.15) is 10.4 Å². The fourth-order valence-corrected chi connectivity index (χ4v) is 1.95. The molecule has 1 aromatic heterocycles. The lowest BCUT2D eigenvalue weighted by molar-refractivity contribution is -0.201. The number of fused-ring (bicyclic) bond motifs is 1. The predicted molar refractivity (Wildman–Crippen MR) is 71.1 cm³/mol. The number of hydrogen-bond donors (Lipinski definition) is 2. The minimum Gasteiger partial charge on any atom is -0.382 e. The van der Waals surface area contributed by atoms with Gasteiger partial charge in [0.1, 0.15) is 5.15 Å². The van der Waals surface area contributed by atoms with Crippen molar-refractivity contribution >= 4 is 28.3 Å². The number of pyridine rings is 1. The molecule has 8 heteroatoms. The van der Waals surface area contributed by atoms with Crippen LogP contribution in [0.2, 0.25) is 5.15 Å². The Morgan fingerprint density at radius 1 is 1.33 bits per heavy atom. The van der Waals surface area contributed by atoms with Gasteiger partial charge in [0.15, 0.2) is 6.10 Å². The number of aromatic nitrogens is 1. The molecule has 1 aromatic carbocycles. The summed E-state index contributed by atoms with van der Waals surface area (Å²) < 4.78 is 36.5. The largest absolute Gasteiger partial charge is 0.416 e. The number of amides is 1. The van der Waals surface area contributed by atoms with Crippen molar-refractivity contribution in [3.63, 3.8) is 0 Å². The Kier molecular flexibility index (Phi) is 4.34. The van der Waals surface area contributed by atoms with Crippen LogP contribution < -0.4 is 5.32 Å². The number of rotatable bonds is 3. The van der Waals surface area contributed by atoms with Gasteiger partial charge < -0.3 is 10.4 Å². The van der Waals surface area contributed by atoms with Crippen LogP contribution in [-0.2, 0) is 0 Å². The zero-order valence-corrected chi connectivity index (χ0v) is 11.2. The third-order valence-corrected chi connectivity index (χ3v) is 3.13. The van der Waals surface area contributed by atoms with E-state index in [-0.39, 0.29) is 10.7 Å². The van der Waals surface area contributed by atoms with Crippen molar-refractivity contribution in [2.45, 2.75) is 12.3 Å². The second-order valence-corrected chi connectivity index (χ2v) is 4.63. The topological polar surface area (TPSA) is 62.2 Å². The average Bonchev–Trinajstić information content (AvgIpc) is 2.44. The standard InChI is InChI=1S/C13H10ClF3N2O2/c14-11-8-4-2-1-3-7(8)9(5-18-11)12(21)19-6-10(20)13(15,16)17/h1-5,10,20H,6H2,(H,19,21). The number of hydrogen-bond acceptors (Lipinski definition) is 3. The smallest absolute Gasteiger partial charge is 0.382 e. The highest BCUT2D eigenvalue weighted by Gasteiger charge is 2.38. The zero-order valence-electron chi connectivity index (χ0n) is 10.5. The Morgan fingerprint density at radius 3 is 2.57 bits per heavy atom. The fraction of sp³-hybridized carbons (Fsp3) is 0.231. The molecule has 0 radical (unpaired) electrons. The Morgan fingerprint density at radius 2 is 1.95 bits per heavy atom. The molecule has 2 aromatic rings. The molecule has 0 aliphatic carbocycles. The minimum absolute atomic E-state index is 0.0874. The third-order valence-electron chi connectivity index (χ3n) is 2.82. The van der Waals surface area contributed by atoms with Gasteiger partial charge >= 0.3 is 6.18 Å². The van der Waals surface area contributed by atoms with E-state index in [1.54, 1.807) is 24.3 Å². The first-order valence-electron chi connectivity index (χ1n) is 5.87. The molecule has 21 heavy (non-hydrogen) atoms. The maximum absolute atomic E-state index is 12.2. The van der Waals surface area contributed by atoms with Gasteiger partial charge in [0.25, 0.3) is 5.91 Å². The summed E-state index contributed by atoms with van der Waals surface area (Å²) in [6, 6.07) is 6.62. The van der Waals surface area contributed by atoms with E-state index >= 15 is 0 Å². The van der Waals surface area contributed by atoms with Crippen molar-refractivity contribution in [2.24, 2.45) is 0 Å². The van der Waals surface area contributed by atoms with Gasteiger partial charge in [-0.15, -0.1) is 0 Å². The van der Waals surface area contributed by atoms with E-state index in [2.05, 4.69) is 4.98 Å². The van der Waals surface area contributed by atoms with Gasteiger partial charge in [0.05, 0.1) is 12.1 Å². The van der Waals surface area contributed by atoms with E-state index in [0.717, 1.165) is 0 Å². The quantitative estimate of drug-likeness (QED) is 0.855. The second-order valence-electron chi connectivity index (χ2n) is 4.28. The van der Waals surface area contributed by atoms with E-state index in [1.165, 1.54) is 6.20 Å². The Bertz CT molecular complexity index is 676. The van der Waals surface area contributed by atoms with Gasteiger partial charge in [-0.3, -0.25) is 4.79 Å². The number of halogens is 4. The number of nitrogens with zero attached hydrogens (tertiary/aromatic N) is 1. The van der Waals surface area contributed by atoms with Crippen LogP contribution in [0.3, 0.4) is 0 Å². The van der Waals surface area contributed by atoms with E-state index in [0.29, 0.717) is 10.8 Å². The maximum Gasteiger partial charge on any atom is 0.416 e. The van der Waals surface area contributed by atoms with Crippen LogP contribution in [0.25, 0.3) is 10.8 Å². The zero-order chi connectivity index (χ0) is 15.6. The number of carbonyl (C=O) groups is 1. The summed E-state index contributed by atoms with van der Waals surface area (Å²) in [6.45, 7) is -0.931. The summed E-state index contributed by atoms with van der Waals surface area (Å²) in [5.74, 6) is -0.765. The predicted octanol–water partition coefficient (Wildman–Crippen LogP) is 2.54. The molecule has 1 unspecified atom stereocenters. The minimum atomic E-state index is -4.78. The highest BCUT2D eigenvalue weighted by Crippen LogP contribution is 2.24. The first-order chi connectivity index (χ1) is 9.80. The second kappa shape index (κ2) is 5.87. The molecule has 112 valence electrons. The van der Waals surface area contributed by atoms with Crippen molar-refractivity contribution in [1.82, 2.24) is 10.3 Å². The lowest BCUT2D eigenvalue weighted by atomic mass is 10.1. The summed E-state index contributed by atoms with van der Waals surface area (Å²) in [5, 5.41) is 12.1. The van der Waals surface area contributed by atoms with E-state index in [9.17, 15) is 18.0 Å². The van der Waals surface area contributed by atoms with Gasteiger partial charge in [-0.25, -0.2) is 4.98 Å². The Labute approximate surface area is 122 Å². The summed E-state index contributed by atoms with van der Waals surface area (Å²) in [5.41, 5.74) is 0.0874. The molecule has 0 spiro atoms. The number of aliphatic hydroxyl groups excluding tert-OH is 1. The fourth-order valence-electron chi connectivity index (χ4n) is 1.74. The molecule has 1 heterocycles. The van der Waals surface area contributed by atoms with Crippen LogP contribution in [0.15, 0.2) is 30.5 Å². The normalized spacial score (nSPS) is 13.2. The molecule has 2 N–H and O–H groups in total. The molecule has 0 aliphatic rings. The number of benzene rings is 1. The molecule has 0 fully saturated rings. The van der Waals surface area contributed by atoms with Gasteiger partial charge in [-0.05, 0) is 5.39 Å². The van der Waals surface area contributed by atoms with Crippen LogP contribution in [0.5, 0.6) is 0 Å². The van der Waals surface area contributed by atoms with E-state index < -0.39 is 24.7 Å². The number of aliphatic hydroxyl groups is 1. The Balaban J connectivity index is 2.23. The summed E-state index contributed by atoms with van der Waals surface area (Å²) >= 11 is 5.89. The van der Waals surface area contributed by atoms with Crippen molar-refractivity contribution < 1.29 is 23.1 Å². The monoisotopic (exact) mass is 318 g/mol. The van der Waals surface area contributed by atoms with E-state index in [1.807, 2.05) is 5.32 Å². The lowest BCUT2D eigenvalue weighted by Crippen LogP contribution is -2.40. The average molecular weight is 319 g/mol.